The van der Waals surface area contributed by atoms with E-state index in [1.807, 2.05) is 0 Å². The molecule has 27 heavy (non-hydrogen) atoms. The van der Waals surface area contributed by atoms with Crippen LogP contribution in [0.3, 0.4) is 0 Å². The van der Waals surface area contributed by atoms with E-state index in [1.54, 1.807) is 18.2 Å². The lowest BCUT2D eigenvalue weighted by Gasteiger charge is -2.14. The first-order valence-electron chi connectivity index (χ1n) is 8.10. The van der Waals surface area contributed by atoms with Crippen molar-refractivity contribution < 1.29 is 33.3 Å². The Hall–Kier alpha value is -3.22. The molecule has 0 amide bonds. The van der Waals surface area contributed by atoms with Crippen LogP contribution in [0.5, 0.6) is 23.0 Å². The molecule has 0 spiro atoms. The van der Waals surface area contributed by atoms with E-state index >= 15 is 0 Å². The summed E-state index contributed by atoms with van der Waals surface area (Å²) < 4.78 is 26.4. The molecular formula is C20H22O7. The van der Waals surface area contributed by atoms with Crippen molar-refractivity contribution in [2.24, 2.45) is 0 Å². The zero-order valence-electron chi connectivity index (χ0n) is 16.0. The summed E-state index contributed by atoms with van der Waals surface area (Å²) in [5.41, 5.74) is 1.34. The van der Waals surface area contributed by atoms with E-state index in [0.29, 0.717) is 34.1 Å². The molecule has 0 aliphatic heterocycles. The molecule has 0 heterocycles. The van der Waals surface area contributed by atoms with Gasteiger partial charge in [0.15, 0.2) is 17.3 Å². The Morgan fingerprint density at radius 1 is 0.778 bits per heavy atom. The molecule has 0 atom stereocenters. The summed E-state index contributed by atoms with van der Waals surface area (Å²) in [7, 11) is 5.91. The van der Waals surface area contributed by atoms with Gasteiger partial charge in [-0.2, -0.15) is 0 Å². The Labute approximate surface area is 157 Å². The van der Waals surface area contributed by atoms with Crippen LogP contribution in [-0.2, 0) is 11.3 Å². The van der Waals surface area contributed by atoms with E-state index in [-0.39, 0.29) is 18.0 Å². The lowest BCUT2D eigenvalue weighted by molar-refractivity contribution is 0.0469. The third-order valence-electron chi connectivity index (χ3n) is 3.95. The number of carbonyl (C=O) groups excluding carboxylic acids is 2. The van der Waals surface area contributed by atoms with Crippen molar-refractivity contribution >= 4 is 11.8 Å². The van der Waals surface area contributed by atoms with Crippen molar-refractivity contribution in [3.63, 3.8) is 0 Å². The molecule has 0 saturated heterocycles. The second kappa shape index (κ2) is 8.93. The minimum absolute atomic E-state index is 0.0558. The van der Waals surface area contributed by atoms with Crippen LogP contribution in [0, 0.1) is 0 Å². The topological polar surface area (TPSA) is 80.3 Å². The van der Waals surface area contributed by atoms with Gasteiger partial charge in [0.05, 0.1) is 34.0 Å². The third-order valence-corrected chi connectivity index (χ3v) is 3.95. The van der Waals surface area contributed by atoms with Crippen molar-refractivity contribution in [1.29, 1.82) is 0 Å². The van der Waals surface area contributed by atoms with Gasteiger partial charge in [-0.05, 0) is 37.3 Å². The van der Waals surface area contributed by atoms with E-state index < -0.39 is 5.97 Å². The van der Waals surface area contributed by atoms with Crippen LogP contribution in [0.25, 0.3) is 0 Å². The quantitative estimate of drug-likeness (QED) is 0.518. The van der Waals surface area contributed by atoms with Crippen LogP contribution in [0.15, 0.2) is 30.3 Å². The molecule has 0 aromatic heterocycles. The Balaban J connectivity index is 2.26. The smallest absolute Gasteiger partial charge is 0.338 e. The molecule has 0 aliphatic carbocycles. The van der Waals surface area contributed by atoms with E-state index in [2.05, 4.69) is 0 Å². The molecule has 2 aromatic rings. The maximum Gasteiger partial charge on any atom is 0.338 e. The maximum absolute atomic E-state index is 12.5. The van der Waals surface area contributed by atoms with Crippen molar-refractivity contribution in [2.45, 2.75) is 13.5 Å². The average Bonchev–Trinajstić information content (AvgIpc) is 2.70. The fourth-order valence-corrected chi connectivity index (χ4v) is 2.54. The van der Waals surface area contributed by atoms with Crippen LogP contribution in [0.2, 0.25) is 0 Å². The standard InChI is InChI=1S/C20H22O7/c1-12(21)13-6-7-16(23-2)15(8-13)11-27-20(22)14-9-17(24-3)19(26-5)18(10-14)25-4/h6-10H,11H2,1-5H3. The van der Waals surface area contributed by atoms with Crippen LogP contribution < -0.4 is 18.9 Å². The lowest BCUT2D eigenvalue weighted by atomic mass is 10.1. The van der Waals surface area contributed by atoms with Crippen molar-refractivity contribution in [2.75, 3.05) is 28.4 Å². The summed E-state index contributed by atoms with van der Waals surface area (Å²) in [5.74, 6) is 0.935. The number of carbonyl (C=O) groups is 2. The van der Waals surface area contributed by atoms with Crippen molar-refractivity contribution in [1.82, 2.24) is 0 Å². The Kier molecular flexibility index (Phi) is 6.65. The average molecular weight is 374 g/mol. The fourth-order valence-electron chi connectivity index (χ4n) is 2.54. The Morgan fingerprint density at radius 2 is 1.37 bits per heavy atom. The third kappa shape index (κ3) is 4.49. The summed E-state index contributed by atoms with van der Waals surface area (Å²) in [6, 6.07) is 7.98. The number of esters is 1. The molecule has 0 N–H and O–H groups in total. The molecular weight excluding hydrogens is 352 g/mol. The van der Waals surface area contributed by atoms with Gasteiger partial charge < -0.3 is 23.7 Å². The van der Waals surface area contributed by atoms with E-state index in [4.69, 9.17) is 23.7 Å². The van der Waals surface area contributed by atoms with E-state index in [1.165, 1.54) is 47.5 Å². The van der Waals surface area contributed by atoms with Gasteiger partial charge in [0.1, 0.15) is 12.4 Å². The van der Waals surface area contributed by atoms with Gasteiger partial charge in [0.25, 0.3) is 0 Å². The van der Waals surface area contributed by atoms with Crippen LogP contribution in [-0.4, -0.2) is 40.2 Å². The Morgan fingerprint density at radius 3 is 1.85 bits per heavy atom. The summed E-state index contributed by atoms with van der Waals surface area (Å²) in [6.07, 6.45) is 0. The molecule has 0 saturated carbocycles. The number of ketones is 1. The summed E-state index contributed by atoms with van der Waals surface area (Å²) >= 11 is 0. The fraction of sp³-hybridized carbons (Fsp3) is 0.300. The lowest BCUT2D eigenvalue weighted by Crippen LogP contribution is -2.08. The van der Waals surface area contributed by atoms with Gasteiger partial charge in [-0.1, -0.05) is 0 Å². The predicted octanol–water partition coefficient (Wildman–Crippen LogP) is 3.28. The predicted molar refractivity (Wildman–Crippen MR) is 98.2 cm³/mol. The molecule has 7 nitrogen and oxygen atoms in total. The highest BCUT2D eigenvalue weighted by Gasteiger charge is 2.18. The zero-order chi connectivity index (χ0) is 20.0. The first-order valence-corrected chi connectivity index (χ1v) is 8.10. The van der Waals surface area contributed by atoms with Gasteiger partial charge in [-0.3, -0.25) is 4.79 Å². The van der Waals surface area contributed by atoms with Gasteiger partial charge in [0.2, 0.25) is 5.75 Å². The molecule has 0 aliphatic rings. The molecule has 2 aromatic carbocycles. The largest absolute Gasteiger partial charge is 0.496 e. The molecule has 7 heteroatoms. The number of benzene rings is 2. The first-order chi connectivity index (χ1) is 12.9. The minimum atomic E-state index is -0.579. The summed E-state index contributed by atoms with van der Waals surface area (Å²) in [6.45, 7) is 1.41. The molecule has 2 rings (SSSR count). The second-order valence-corrected chi connectivity index (χ2v) is 5.57. The number of Topliss-reactive ketones (excluding diaryl/α,β-unsaturated/α-hetero) is 1. The molecule has 0 unspecified atom stereocenters. The maximum atomic E-state index is 12.5. The molecule has 0 fully saturated rings. The number of methoxy groups -OCH3 is 4. The van der Waals surface area contributed by atoms with Gasteiger partial charge >= 0.3 is 5.97 Å². The molecule has 0 bridgehead atoms. The first kappa shape index (κ1) is 20.1. The van der Waals surface area contributed by atoms with Crippen molar-refractivity contribution in [3.05, 3.63) is 47.0 Å². The highest BCUT2D eigenvalue weighted by molar-refractivity contribution is 5.94. The number of ether oxygens (including phenoxy) is 5. The van der Waals surface area contributed by atoms with Crippen LogP contribution >= 0.6 is 0 Å². The minimum Gasteiger partial charge on any atom is -0.496 e. The second-order valence-electron chi connectivity index (χ2n) is 5.57. The molecule has 144 valence electrons. The number of hydrogen-bond acceptors (Lipinski definition) is 7. The van der Waals surface area contributed by atoms with E-state index in [0.717, 1.165) is 0 Å². The highest BCUT2D eigenvalue weighted by Crippen LogP contribution is 2.38. The monoisotopic (exact) mass is 374 g/mol. The molecule has 0 radical (unpaired) electrons. The SMILES string of the molecule is COc1ccc(C(C)=O)cc1COC(=O)c1cc(OC)c(OC)c(OC)c1. The zero-order valence-corrected chi connectivity index (χ0v) is 16.0. The van der Waals surface area contributed by atoms with Gasteiger partial charge in [0, 0.05) is 11.1 Å². The van der Waals surface area contributed by atoms with Crippen LogP contribution in [0.4, 0.5) is 0 Å². The highest BCUT2D eigenvalue weighted by atomic mass is 16.5. The van der Waals surface area contributed by atoms with Gasteiger partial charge in [-0.25, -0.2) is 4.79 Å². The summed E-state index contributed by atoms with van der Waals surface area (Å²) in [4.78, 5) is 24.1. The van der Waals surface area contributed by atoms with Gasteiger partial charge in [-0.15, -0.1) is 0 Å². The normalized spacial score (nSPS) is 10.1. The summed E-state index contributed by atoms with van der Waals surface area (Å²) in [5, 5.41) is 0. The van der Waals surface area contributed by atoms with Crippen LogP contribution in [0.1, 0.15) is 33.2 Å². The van der Waals surface area contributed by atoms with E-state index in [9.17, 15) is 9.59 Å². The Bertz CT molecular complexity index is 817. The number of hydrogen-bond donors (Lipinski definition) is 0. The number of rotatable bonds is 8. The van der Waals surface area contributed by atoms with Crippen molar-refractivity contribution in [3.8, 4) is 23.0 Å².